The average molecular weight is 174 g/mol. The van der Waals surface area contributed by atoms with Crippen LogP contribution in [0.25, 0.3) is 10.9 Å². The Bertz CT molecular complexity index is 440. The molecule has 0 aliphatic carbocycles. The Morgan fingerprint density at radius 3 is 2.85 bits per heavy atom. The van der Waals surface area contributed by atoms with Crippen molar-refractivity contribution in [3.63, 3.8) is 0 Å². The Hall–Kier alpha value is -1.61. The summed E-state index contributed by atoms with van der Waals surface area (Å²) in [6, 6.07) is 9.56. The second kappa shape index (κ2) is 3.03. The highest BCUT2D eigenvalue weighted by Gasteiger charge is 2.02. The van der Waals surface area contributed by atoms with Crippen LogP contribution >= 0.6 is 0 Å². The molecule has 2 N–H and O–H groups in total. The lowest BCUT2D eigenvalue weighted by Gasteiger charge is -2.04. The number of nitrogens with zero attached hydrogens (tertiary/aromatic N) is 1. The summed E-state index contributed by atoms with van der Waals surface area (Å²) in [5, 5.41) is 0.940. The molecule has 3 nitrogen and oxygen atoms in total. The summed E-state index contributed by atoms with van der Waals surface area (Å²) >= 11 is 0. The lowest BCUT2D eigenvalue weighted by molar-refractivity contribution is 0.338. The van der Waals surface area contributed by atoms with E-state index >= 15 is 0 Å². The predicted molar refractivity (Wildman–Crippen MR) is 51.3 cm³/mol. The Kier molecular flexibility index (Phi) is 1.87. The molecule has 0 fully saturated rings. The van der Waals surface area contributed by atoms with Gasteiger partial charge in [0.05, 0.1) is 5.52 Å². The van der Waals surface area contributed by atoms with Crippen LogP contribution in [0.4, 0.5) is 0 Å². The number of pyridine rings is 1. The second-order valence-electron chi connectivity index (χ2n) is 2.90. The van der Waals surface area contributed by atoms with Crippen molar-refractivity contribution in [2.75, 3.05) is 0 Å². The molecule has 1 aromatic carbocycles. The molecule has 0 spiro atoms. The molecule has 1 heterocycles. The first-order valence-corrected chi connectivity index (χ1v) is 4.04. The molecular formula is C10H10N2O. The van der Waals surface area contributed by atoms with Gasteiger partial charge >= 0.3 is 0 Å². The molecule has 0 saturated heterocycles. The van der Waals surface area contributed by atoms with E-state index < -0.39 is 0 Å². The van der Waals surface area contributed by atoms with Gasteiger partial charge in [-0.15, -0.1) is 0 Å². The SMILES string of the molecule is Cc1cc(ON)c2ccccc2n1. The van der Waals surface area contributed by atoms with E-state index in [9.17, 15) is 0 Å². The summed E-state index contributed by atoms with van der Waals surface area (Å²) in [5.41, 5.74) is 1.81. The average Bonchev–Trinajstić information content (AvgIpc) is 2.16. The Morgan fingerprint density at radius 1 is 1.31 bits per heavy atom. The van der Waals surface area contributed by atoms with Crippen LogP contribution in [-0.4, -0.2) is 4.98 Å². The van der Waals surface area contributed by atoms with Crippen LogP contribution in [0.3, 0.4) is 0 Å². The summed E-state index contributed by atoms with van der Waals surface area (Å²) in [7, 11) is 0. The molecule has 66 valence electrons. The fourth-order valence-corrected chi connectivity index (χ4v) is 1.37. The number of aromatic nitrogens is 1. The van der Waals surface area contributed by atoms with E-state index in [4.69, 9.17) is 10.7 Å². The molecule has 3 heteroatoms. The minimum absolute atomic E-state index is 0.670. The normalized spacial score (nSPS) is 10.3. The standard InChI is InChI=1S/C10H10N2O/c1-7-6-10(13-11)8-4-2-3-5-9(8)12-7/h2-6H,11H2,1H3. The fourth-order valence-electron chi connectivity index (χ4n) is 1.37. The topological polar surface area (TPSA) is 48.1 Å². The number of para-hydroxylation sites is 1. The van der Waals surface area contributed by atoms with Crippen LogP contribution in [-0.2, 0) is 0 Å². The van der Waals surface area contributed by atoms with Crippen LogP contribution in [0.2, 0.25) is 0 Å². The maximum Gasteiger partial charge on any atom is 0.158 e. The summed E-state index contributed by atoms with van der Waals surface area (Å²) in [5.74, 6) is 5.83. The molecule has 1 aromatic heterocycles. The van der Waals surface area contributed by atoms with Crippen molar-refractivity contribution in [3.8, 4) is 5.75 Å². The monoisotopic (exact) mass is 174 g/mol. The lowest BCUT2D eigenvalue weighted by Crippen LogP contribution is -2.03. The largest absolute Gasteiger partial charge is 0.411 e. The maximum absolute atomic E-state index is 5.16. The van der Waals surface area contributed by atoms with Crippen molar-refractivity contribution in [2.45, 2.75) is 6.92 Å². The van der Waals surface area contributed by atoms with E-state index in [0.29, 0.717) is 5.75 Å². The second-order valence-corrected chi connectivity index (χ2v) is 2.90. The van der Waals surface area contributed by atoms with Crippen LogP contribution in [0.15, 0.2) is 30.3 Å². The lowest BCUT2D eigenvalue weighted by atomic mass is 10.2. The van der Waals surface area contributed by atoms with Gasteiger partial charge in [-0.25, -0.2) is 0 Å². The van der Waals surface area contributed by atoms with E-state index in [1.54, 1.807) is 0 Å². The van der Waals surface area contributed by atoms with Gasteiger partial charge in [-0.2, -0.15) is 5.90 Å². The summed E-state index contributed by atoms with van der Waals surface area (Å²) in [6.45, 7) is 1.91. The van der Waals surface area contributed by atoms with Crippen molar-refractivity contribution in [1.82, 2.24) is 4.98 Å². The van der Waals surface area contributed by atoms with Gasteiger partial charge in [0, 0.05) is 17.1 Å². The minimum atomic E-state index is 0.670. The van der Waals surface area contributed by atoms with Gasteiger partial charge in [-0.1, -0.05) is 12.1 Å². The van der Waals surface area contributed by atoms with Gasteiger partial charge in [0.15, 0.2) is 5.75 Å². The van der Waals surface area contributed by atoms with E-state index in [-0.39, 0.29) is 0 Å². The van der Waals surface area contributed by atoms with Crippen LogP contribution in [0.1, 0.15) is 5.69 Å². The number of rotatable bonds is 1. The van der Waals surface area contributed by atoms with Crippen LogP contribution in [0, 0.1) is 6.92 Å². The van der Waals surface area contributed by atoms with E-state index in [1.807, 2.05) is 37.3 Å². The molecule has 0 unspecified atom stereocenters. The van der Waals surface area contributed by atoms with Crippen LogP contribution < -0.4 is 10.7 Å². The highest BCUT2D eigenvalue weighted by molar-refractivity contribution is 5.85. The first-order valence-electron chi connectivity index (χ1n) is 4.04. The van der Waals surface area contributed by atoms with Gasteiger partial charge in [-0.3, -0.25) is 4.98 Å². The maximum atomic E-state index is 5.16. The van der Waals surface area contributed by atoms with Crippen molar-refractivity contribution >= 4 is 10.9 Å². The molecule has 0 radical (unpaired) electrons. The Labute approximate surface area is 76.1 Å². The van der Waals surface area contributed by atoms with Gasteiger partial charge in [0.1, 0.15) is 0 Å². The minimum Gasteiger partial charge on any atom is -0.411 e. The highest BCUT2D eigenvalue weighted by Crippen LogP contribution is 2.23. The Balaban J connectivity index is 2.81. The number of hydrogen-bond acceptors (Lipinski definition) is 3. The third-order valence-corrected chi connectivity index (χ3v) is 1.93. The van der Waals surface area contributed by atoms with E-state index in [2.05, 4.69) is 4.98 Å². The van der Waals surface area contributed by atoms with Gasteiger partial charge in [0.25, 0.3) is 0 Å². The van der Waals surface area contributed by atoms with Gasteiger partial charge in [-0.05, 0) is 19.1 Å². The molecule has 0 atom stereocenters. The summed E-state index contributed by atoms with van der Waals surface area (Å²) in [4.78, 5) is 9.12. The first kappa shape index (κ1) is 8.01. The number of hydrogen-bond donors (Lipinski definition) is 1. The molecule has 0 aliphatic heterocycles. The zero-order valence-electron chi connectivity index (χ0n) is 7.32. The number of nitrogens with two attached hydrogens (primary N) is 1. The molecular weight excluding hydrogens is 164 g/mol. The molecule has 2 aromatic rings. The first-order chi connectivity index (χ1) is 6.31. The molecule has 0 bridgehead atoms. The molecule has 2 rings (SSSR count). The number of benzene rings is 1. The third-order valence-electron chi connectivity index (χ3n) is 1.93. The van der Waals surface area contributed by atoms with Gasteiger partial charge in [0.2, 0.25) is 0 Å². The predicted octanol–water partition coefficient (Wildman–Crippen LogP) is 1.80. The highest BCUT2D eigenvalue weighted by atomic mass is 16.6. The van der Waals surface area contributed by atoms with E-state index in [1.165, 1.54) is 0 Å². The third kappa shape index (κ3) is 1.34. The number of aryl methyl sites for hydroxylation is 1. The number of fused-ring (bicyclic) bond motifs is 1. The molecule has 0 aliphatic rings. The zero-order chi connectivity index (χ0) is 9.26. The molecule has 0 saturated carbocycles. The smallest absolute Gasteiger partial charge is 0.158 e. The zero-order valence-corrected chi connectivity index (χ0v) is 7.32. The van der Waals surface area contributed by atoms with Crippen molar-refractivity contribution in [1.29, 1.82) is 0 Å². The van der Waals surface area contributed by atoms with Crippen molar-refractivity contribution < 1.29 is 4.84 Å². The summed E-state index contributed by atoms with van der Waals surface area (Å²) in [6.07, 6.45) is 0. The van der Waals surface area contributed by atoms with Crippen molar-refractivity contribution in [2.24, 2.45) is 5.90 Å². The van der Waals surface area contributed by atoms with Crippen LogP contribution in [0.5, 0.6) is 5.75 Å². The van der Waals surface area contributed by atoms with Crippen molar-refractivity contribution in [3.05, 3.63) is 36.0 Å². The summed E-state index contributed by atoms with van der Waals surface area (Å²) < 4.78 is 0. The molecule has 13 heavy (non-hydrogen) atoms. The van der Waals surface area contributed by atoms with Gasteiger partial charge < -0.3 is 4.84 Å². The molecule has 0 amide bonds. The fraction of sp³-hybridized carbons (Fsp3) is 0.100. The Morgan fingerprint density at radius 2 is 2.08 bits per heavy atom. The van der Waals surface area contributed by atoms with E-state index in [0.717, 1.165) is 16.6 Å². The quantitative estimate of drug-likeness (QED) is 0.670.